The molecule has 34 heavy (non-hydrogen) atoms. The van der Waals surface area contributed by atoms with Crippen LogP contribution in [0.3, 0.4) is 0 Å². The summed E-state index contributed by atoms with van der Waals surface area (Å²) in [5.41, 5.74) is 0. The molecule has 0 atom stereocenters. The molecule has 7 aromatic rings. The molecule has 0 aliphatic rings. The first kappa shape index (κ1) is 21.7. The lowest BCUT2D eigenvalue weighted by Gasteiger charge is -2.11. The molecule has 170 valence electrons. The Morgan fingerprint density at radius 2 is 0.735 bits per heavy atom. The van der Waals surface area contributed by atoms with Gasteiger partial charge in [-0.05, 0) is 57.5 Å². The van der Waals surface area contributed by atoms with Crippen LogP contribution in [0.25, 0.3) is 60.5 Å². The first-order valence-corrected chi connectivity index (χ1v) is 22.0. The van der Waals surface area contributed by atoms with Crippen molar-refractivity contribution >= 4 is 131 Å². The summed E-state index contributed by atoms with van der Waals surface area (Å²) in [6, 6.07) is 19.3. The fourth-order valence-corrected chi connectivity index (χ4v) is 13.2. The van der Waals surface area contributed by atoms with Gasteiger partial charge in [0.1, 0.15) is 0 Å². The Kier molecular flexibility index (Phi) is 4.48. The predicted molar refractivity (Wildman–Crippen MR) is 169 cm³/mol. The van der Waals surface area contributed by atoms with Gasteiger partial charge in [-0.15, -0.1) is 45.3 Å². The van der Waals surface area contributed by atoms with Gasteiger partial charge in [0.25, 0.3) is 0 Å². The van der Waals surface area contributed by atoms with Gasteiger partial charge in [-0.2, -0.15) is 0 Å². The van der Waals surface area contributed by atoms with Gasteiger partial charge in [-0.1, -0.05) is 39.3 Å². The Bertz CT molecular complexity index is 1790. The lowest BCUT2D eigenvalue weighted by Crippen LogP contribution is -2.34. The molecule has 0 radical (unpaired) electrons. The average molecular weight is 547 g/mol. The molecule has 0 aliphatic heterocycles. The molecule has 4 aromatic heterocycles. The number of hydrogen-bond acceptors (Lipinski definition) is 4. The minimum atomic E-state index is -1.36. The second-order valence-electron chi connectivity index (χ2n) is 11.4. The normalized spacial score (nSPS) is 13.6. The SMILES string of the molecule is C[Si](C)(C)c1cc2c(ccc3sc4ccc5sc6ccc7sc([Si](C)(C)C)cc7c6c5c4c32)s1. The van der Waals surface area contributed by atoms with Crippen LogP contribution in [0, 0.1) is 0 Å². The summed E-state index contributed by atoms with van der Waals surface area (Å²) in [6.45, 7) is 14.8. The predicted octanol–water partition coefficient (Wildman–Crippen LogP) is 9.94. The second kappa shape index (κ2) is 7.02. The van der Waals surface area contributed by atoms with Crippen LogP contribution in [0.4, 0.5) is 0 Å². The highest BCUT2D eigenvalue weighted by molar-refractivity contribution is 7.33. The maximum atomic E-state index is 2.54. The molecule has 0 saturated carbocycles. The van der Waals surface area contributed by atoms with Crippen LogP contribution in [0.2, 0.25) is 39.3 Å². The van der Waals surface area contributed by atoms with Crippen LogP contribution in [-0.4, -0.2) is 16.1 Å². The van der Waals surface area contributed by atoms with Gasteiger partial charge >= 0.3 is 0 Å². The fraction of sp³-hybridized carbons (Fsp3) is 0.214. The van der Waals surface area contributed by atoms with Crippen molar-refractivity contribution in [1.82, 2.24) is 0 Å². The quantitative estimate of drug-likeness (QED) is 0.189. The molecular weight excluding hydrogens is 521 g/mol. The highest BCUT2D eigenvalue weighted by atomic mass is 32.1. The standard InChI is InChI=1S/C28H26S4Si2/c1-33(2,3)23-13-15-17(31-23)7-9-19-25(15)27-21(29-19)11-12-22-28(27)26-16-14-24(34(4,5)6)32-18(16)8-10-20(26)30-22/h7-14H,1-6H3. The first-order valence-electron chi connectivity index (χ1n) is 11.8. The molecule has 0 fully saturated rings. The molecule has 0 nitrogen and oxygen atoms in total. The maximum absolute atomic E-state index is 2.54. The molecule has 0 unspecified atom stereocenters. The van der Waals surface area contributed by atoms with Crippen LogP contribution in [0.1, 0.15) is 0 Å². The van der Waals surface area contributed by atoms with E-state index >= 15 is 0 Å². The van der Waals surface area contributed by atoms with Crippen molar-refractivity contribution < 1.29 is 0 Å². The summed E-state index contributed by atoms with van der Waals surface area (Å²) in [7, 11) is -2.71. The summed E-state index contributed by atoms with van der Waals surface area (Å²) >= 11 is 7.98. The molecular formula is C28H26S4Si2. The molecule has 0 aliphatic carbocycles. The van der Waals surface area contributed by atoms with Gasteiger partial charge in [0.15, 0.2) is 0 Å². The van der Waals surface area contributed by atoms with E-state index in [2.05, 4.69) is 87.8 Å². The zero-order valence-electron chi connectivity index (χ0n) is 20.3. The van der Waals surface area contributed by atoms with Crippen molar-refractivity contribution in [2.24, 2.45) is 0 Å². The zero-order valence-corrected chi connectivity index (χ0v) is 25.5. The molecule has 4 heterocycles. The van der Waals surface area contributed by atoms with E-state index in [0.29, 0.717) is 0 Å². The summed E-state index contributed by atoms with van der Waals surface area (Å²) < 4.78 is 11.8. The Balaban J connectivity index is 1.71. The Morgan fingerprint density at radius 1 is 0.412 bits per heavy atom. The van der Waals surface area contributed by atoms with E-state index in [9.17, 15) is 0 Å². The topological polar surface area (TPSA) is 0 Å². The molecule has 0 spiro atoms. The van der Waals surface area contributed by atoms with Crippen LogP contribution >= 0.6 is 45.3 Å². The van der Waals surface area contributed by atoms with Gasteiger partial charge in [0, 0.05) is 60.5 Å². The van der Waals surface area contributed by atoms with Gasteiger partial charge in [-0.3, -0.25) is 0 Å². The smallest absolute Gasteiger partial charge is 0.0904 e. The van der Waals surface area contributed by atoms with Crippen molar-refractivity contribution in [3.63, 3.8) is 0 Å². The second-order valence-corrected chi connectivity index (χ2v) is 26.6. The van der Waals surface area contributed by atoms with E-state index in [1.165, 1.54) is 60.5 Å². The summed E-state index contributed by atoms with van der Waals surface area (Å²) in [5.74, 6) is 0. The number of benzene rings is 3. The number of thiophene rings is 4. The zero-order chi connectivity index (χ0) is 23.6. The van der Waals surface area contributed by atoms with Crippen LogP contribution in [0.15, 0.2) is 48.5 Å². The minimum Gasteiger partial charge on any atom is -0.145 e. The largest absolute Gasteiger partial charge is 0.145 e. The van der Waals surface area contributed by atoms with Crippen molar-refractivity contribution in [3.05, 3.63) is 48.5 Å². The summed E-state index contributed by atoms with van der Waals surface area (Å²) in [5, 5.41) is 8.89. The van der Waals surface area contributed by atoms with Gasteiger partial charge in [-0.25, -0.2) is 0 Å². The maximum Gasteiger partial charge on any atom is 0.0904 e. The van der Waals surface area contributed by atoms with Crippen LogP contribution in [-0.2, 0) is 0 Å². The van der Waals surface area contributed by atoms with Crippen molar-refractivity contribution in [2.75, 3.05) is 0 Å². The van der Waals surface area contributed by atoms with Gasteiger partial charge < -0.3 is 0 Å². The third-order valence-corrected chi connectivity index (χ3v) is 18.5. The minimum absolute atomic E-state index is 1.36. The van der Waals surface area contributed by atoms with E-state index in [4.69, 9.17) is 0 Å². The van der Waals surface area contributed by atoms with E-state index < -0.39 is 16.1 Å². The van der Waals surface area contributed by atoms with Crippen LogP contribution in [0.5, 0.6) is 0 Å². The van der Waals surface area contributed by atoms with Crippen LogP contribution < -0.4 is 9.00 Å². The lowest BCUT2D eigenvalue weighted by molar-refractivity contribution is 1.79. The summed E-state index contributed by atoms with van der Waals surface area (Å²) in [6.07, 6.45) is 0. The molecule has 6 heteroatoms. The van der Waals surface area contributed by atoms with E-state index in [1.807, 2.05) is 45.3 Å². The molecule has 0 bridgehead atoms. The van der Waals surface area contributed by atoms with E-state index in [-0.39, 0.29) is 0 Å². The van der Waals surface area contributed by atoms with Crippen molar-refractivity contribution in [2.45, 2.75) is 39.3 Å². The third-order valence-electron chi connectivity index (χ3n) is 6.87. The molecule has 0 amide bonds. The average Bonchev–Trinajstić information content (AvgIpc) is 3.50. The highest BCUT2D eigenvalue weighted by Gasteiger charge is 2.24. The lowest BCUT2D eigenvalue weighted by atomic mass is 10.0. The fourth-order valence-electron chi connectivity index (χ4n) is 5.08. The first-order chi connectivity index (χ1) is 16.1. The van der Waals surface area contributed by atoms with E-state index in [0.717, 1.165) is 0 Å². The van der Waals surface area contributed by atoms with E-state index in [1.54, 1.807) is 9.00 Å². The Labute approximate surface area is 217 Å². The number of fused-ring (bicyclic) bond motifs is 11. The summed E-state index contributed by atoms with van der Waals surface area (Å²) in [4.78, 5) is 0. The van der Waals surface area contributed by atoms with Crippen molar-refractivity contribution in [1.29, 1.82) is 0 Å². The van der Waals surface area contributed by atoms with Crippen molar-refractivity contribution in [3.8, 4) is 0 Å². The molecule has 0 N–H and O–H groups in total. The molecule has 0 saturated heterocycles. The molecule has 3 aromatic carbocycles. The number of rotatable bonds is 2. The Hall–Kier alpha value is -1.55. The monoisotopic (exact) mass is 546 g/mol. The third kappa shape index (κ3) is 3.03. The molecule has 7 rings (SSSR count). The highest BCUT2D eigenvalue weighted by Crippen LogP contribution is 2.48. The Morgan fingerprint density at radius 3 is 1.09 bits per heavy atom. The van der Waals surface area contributed by atoms with Gasteiger partial charge in [0.2, 0.25) is 0 Å². The van der Waals surface area contributed by atoms with Gasteiger partial charge in [0.05, 0.1) is 16.1 Å². The number of hydrogen-bond donors (Lipinski definition) is 0.